The second-order valence-electron chi connectivity index (χ2n) is 4.71. The van der Waals surface area contributed by atoms with E-state index in [1.54, 1.807) is 0 Å². The molecule has 21 heavy (non-hydrogen) atoms. The molecule has 5 nitrogen and oxygen atoms in total. The van der Waals surface area contributed by atoms with Crippen LogP contribution in [0.1, 0.15) is 26.7 Å². The van der Waals surface area contributed by atoms with Gasteiger partial charge in [-0.3, -0.25) is 0 Å². The molecule has 0 aromatic heterocycles. The van der Waals surface area contributed by atoms with Gasteiger partial charge in [-0.1, -0.05) is 48.1 Å². The van der Waals surface area contributed by atoms with Gasteiger partial charge in [-0.15, -0.1) is 0 Å². The van der Waals surface area contributed by atoms with E-state index in [1.807, 2.05) is 6.92 Å². The highest BCUT2D eigenvalue weighted by Crippen LogP contribution is 2.33. The predicted octanol–water partition coefficient (Wildman–Crippen LogP) is 4.41. The van der Waals surface area contributed by atoms with Crippen LogP contribution in [0.5, 0.6) is 0 Å². The average molecular weight is 354 g/mol. The fourth-order valence-corrected chi connectivity index (χ4v) is 2.69. The minimum atomic E-state index is -1.37. The predicted molar refractivity (Wildman–Crippen MR) is 84.6 cm³/mol. The van der Waals surface area contributed by atoms with E-state index >= 15 is 0 Å². The van der Waals surface area contributed by atoms with Crippen molar-refractivity contribution in [1.82, 2.24) is 5.32 Å². The third-order valence-electron chi connectivity index (χ3n) is 2.86. The Bertz CT molecular complexity index is 543. The number of rotatable bonds is 5. The van der Waals surface area contributed by atoms with Gasteiger partial charge in [0, 0.05) is 5.02 Å². The monoisotopic (exact) mass is 352 g/mol. The summed E-state index contributed by atoms with van der Waals surface area (Å²) in [5.41, 5.74) is -1.20. The van der Waals surface area contributed by atoms with Crippen molar-refractivity contribution in [3.8, 4) is 0 Å². The number of carbonyl (C=O) groups is 2. The molecule has 0 saturated heterocycles. The summed E-state index contributed by atoms with van der Waals surface area (Å²) in [5, 5.41) is 14.7. The Balaban J connectivity index is 2.89. The van der Waals surface area contributed by atoms with Crippen LogP contribution in [0.15, 0.2) is 12.1 Å². The lowest BCUT2D eigenvalue weighted by Gasteiger charge is -2.26. The molecule has 1 aromatic rings. The Kier molecular flexibility index (Phi) is 6.13. The highest BCUT2D eigenvalue weighted by atomic mass is 35.5. The summed E-state index contributed by atoms with van der Waals surface area (Å²) in [7, 11) is 0. The van der Waals surface area contributed by atoms with E-state index in [0.29, 0.717) is 11.4 Å². The number of anilines is 1. The Labute approximate surface area is 137 Å². The van der Waals surface area contributed by atoms with E-state index in [0.717, 1.165) is 0 Å². The minimum absolute atomic E-state index is 0.162. The molecule has 0 aliphatic heterocycles. The first-order chi connectivity index (χ1) is 9.69. The van der Waals surface area contributed by atoms with E-state index in [-0.39, 0.29) is 22.2 Å². The summed E-state index contributed by atoms with van der Waals surface area (Å²) in [5.74, 6) is -1.12. The maximum atomic E-state index is 12.0. The number of urea groups is 1. The van der Waals surface area contributed by atoms with Crippen LogP contribution in [0.3, 0.4) is 0 Å². The van der Waals surface area contributed by atoms with Gasteiger partial charge in [0.25, 0.3) is 0 Å². The Morgan fingerprint density at radius 2 is 1.76 bits per heavy atom. The quantitative estimate of drug-likeness (QED) is 0.733. The van der Waals surface area contributed by atoms with E-state index in [1.165, 1.54) is 19.1 Å². The molecule has 116 valence electrons. The molecule has 0 bridgehead atoms. The maximum Gasteiger partial charge on any atom is 0.329 e. The summed E-state index contributed by atoms with van der Waals surface area (Å²) in [4.78, 5) is 23.2. The van der Waals surface area contributed by atoms with Crippen LogP contribution < -0.4 is 10.6 Å². The van der Waals surface area contributed by atoms with Crippen molar-refractivity contribution in [1.29, 1.82) is 0 Å². The molecular weight excluding hydrogens is 339 g/mol. The normalized spacial score (nSPS) is 13.4. The summed E-state index contributed by atoms with van der Waals surface area (Å²) in [6.45, 7) is 3.26. The summed E-state index contributed by atoms with van der Waals surface area (Å²) in [6.07, 6.45) is 0.892. The molecule has 0 heterocycles. The SMILES string of the molecule is CCCC(C)(NC(=O)Nc1c(Cl)cc(Cl)cc1Cl)C(=O)O. The molecule has 1 unspecified atom stereocenters. The molecule has 0 fully saturated rings. The van der Waals surface area contributed by atoms with Gasteiger partial charge in [0.2, 0.25) is 0 Å². The van der Waals surface area contributed by atoms with Gasteiger partial charge >= 0.3 is 12.0 Å². The van der Waals surface area contributed by atoms with Crippen molar-refractivity contribution in [2.24, 2.45) is 0 Å². The number of carboxylic acid groups (broad SMARTS) is 1. The van der Waals surface area contributed by atoms with Gasteiger partial charge < -0.3 is 15.7 Å². The van der Waals surface area contributed by atoms with Crippen LogP contribution in [0.4, 0.5) is 10.5 Å². The Morgan fingerprint density at radius 3 is 2.19 bits per heavy atom. The van der Waals surface area contributed by atoms with Crippen LogP contribution in [0.25, 0.3) is 0 Å². The number of carbonyl (C=O) groups excluding carboxylic acids is 1. The number of carboxylic acids is 1. The first-order valence-corrected chi connectivity index (χ1v) is 7.30. The molecule has 2 amide bonds. The van der Waals surface area contributed by atoms with Crippen molar-refractivity contribution < 1.29 is 14.7 Å². The number of halogens is 3. The molecule has 3 N–H and O–H groups in total. The summed E-state index contributed by atoms with van der Waals surface area (Å²) in [6, 6.07) is 2.14. The van der Waals surface area contributed by atoms with Crippen LogP contribution in [0, 0.1) is 0 Å². The Morgan fingerprint density at radius 1 is 1.24 bits per heavy atom. The molecular formula is C13H15Cl3N2O3. The molecule has 0 radical (unpaired) electrons. The van der Waals surface area contributed by atoms with Crippen molar-refractivity contribution in [3.63, 3.8) is 0 Å². The number of nitrogens with one attached hydrogen (secondary N) is 2. The van der Waals surface area contributed by atoms with Crippen molar-refractivity contribution in [3.05, 3.63) is 27.2 Å². The lowest BCUT2D eigenvalue weighted by molar-refractivity contribution is -0.143. The van der Waals surface area contributed by atoms with Gasteiger partial charge in [-0.25, -0.2) is 9.59 Å². The molecule has 0 spiro atoms. The number of aliphatic carboxylic acids is 1. The average Bonchev–Trinajstić information content (AvgIpc) is 2.33. The van der Waals surface area contributed by atoms with Crippen LogP contribution in [0.2, 0.25) is 15.1 Å². The van der Waals surface area contributed by atoms with Gasteiger partial charge in [0.1, 0.15) is 5.54 Å². The van der Waals surface area contributed by atoms with Crippen LogP contribution in [-0.2, 0) is 4.79 Å². The molecule has 1 rings (SSSR count). The van der Waals surface area contributed by atoms with Crippen molar-refractivity contribution in [2.75, 3.05) is 5.32 Å². The van der Waals surface area contributed by atoms with E-state index in [9.17, 15) is 14.7 Å². The van der Waals surface area contributed by atoms with Gasteiger partial charge in [0.15, 0.2) is 0 Å². The van der Waals surface area contributed by atoms with Gasteiger partial charge in [-0.05, 0) is 25.5 Å². The van der Waals surface area contributed by atoms with E-state index < -0.39 is 17.5 Å². The lowest BCUT2D eigenvalue weighted by atomic mass is 9.97. The third-order valence-corrected chi connectivity index (χ3v) is 3.67. The van der Waals surface area contributed by atoms with Gasteiger partial charge in [-0.2, -0.15) is 0 Å². The number of amides is 2. The highest BCUT2D eigenvalue weighted by Gasteiger charge is 2.34. The second kappa shape index (κ2) is 7.20. The van der Waals surface area contributed by atoms with Crippen molar-refractivity contribution in [2.45, 2.75) is 32.2 Å². The number of hydrogen-bond acceptors (Lipinski definition) is 2. The largest absolute Gasteiger partial charge is 0.480 e. The summed E-state index contributed by atoms with van der Waals surface area (Å²) < 4.78 is 0. The molecule has 0 saturated carbocycles. The van der Waals surface area contributed by atoms with Crippen LogP contribution in [-0.4, -0.2) is 22.6 Å². The number of hydrogen-bond donors (Lipinski definition) is 3. The first-order valence-electron chi connectivity index (χ1n) is 6.16. The molecule has 1 aromatic carbocycles. The van der Waals surface area contributed by atoms with Crippen LogP contribution >= 0.6 is 34.8 Å². The molecule has 1 atom stereocenters. The zero-order chi connectivity index (χ0) is 16.2. The summed E-state index contributed by atoms with van der Waals surface area (Å²) >= 11 is 17.7. The van der Waals surface area contributed by atoms with Gasteiger partial charge in [0.05, 0.1) is 15.7 Å². The van der Waals surface area contributed by atoms with E-state index in [2.05, 4.69) is 10.6 Å². The fraction of sp³-hybridized carbons (Fsp3) is 0.385. The smallest absolute Gasteiger partial charge is 0.329 e. The Hall–Kier alpha value is -1.17. The highest BCUT2D eigenvalue weighted by molar-refractivity contribution is 6.42. The lowest BCUT2D eigenvalue weighted by Crippen LogP contribution is -2.53. The first kappa shape index (κ1) is 17.9. The molecule has 8 heteroatoms. The zero-order valence-corrected chi connectivity index (χ0v) is 13.7. The number of benzene rings is 1. The third kappa shape index (κ3) is 4.66. The zero-order valence-electron chi connectivity index (χ0n) is 11.5. The second-order valence-corrected chi connectivity index (χ2v) is 5.96. The van der Waals surface area contributed by atoms with E-state index in [4.69, 9.17) is 34.8 Å². The fourth-order valence-electron chi connectivity index (χ4n) is 1.78. The van der Waals surface area contributed by atoms with Crippen molar-refractivity contribution >= 4 is 52.5 Å². The maximum absolute atomic E-state index is 12.0. The minimum Gasteiger partial charge on any atom is -0.480 e. The standard InChI is InChI=1S/C13H15Cl3N2O3/c1-3-4-13(2,11(19)20)18-12(21)17-10-8(15)5-7(14)6-9(10)16/h5-6H,3-4H2,1-2H3,(H,19,20)(H2,17,18,21). The topological polar surface area (TPSA) is 78.4 Å². The molecule has 0 aliphatic carbocycles. The molecule has 0 aliphatic rings.